The van der Waals surface area contributed by atoms with Gasteiger partial charge in [-0.25, -0.2) is 9.78 Å². The number of H-pyrrole nitrogens is 1. The summed E-state index contributed by atoms with van der Waals surface area (Å²) in [7, 11) is 0. The molecule has 0 saturated carbocycles. The van der Waals surface area contributed by atoms with Gasteiger partial charge in [0, 0.05) is 16.8 Å². The van der Waals surface area contributed by atoms with Crippen LogP contribution < -0.4 is 5.32 Å². The summed E-state index contributed by atoms with van der Waals surface area (Å²) in [6.45, 7) is 2.45. The van der Waals surface area contributed by atoms with Crippen molar-refractivity contribution in [2.45, 2.75) is 24.9 Å². The highest BCUT2D eigenvalue weighted by Crippen LogP contribution is 2.32. The normalized spacial score (nSPS) is 10.7. The van der Waals surface area contributed by atoms with E-state index in [0.717, 1.165) is 35.4 Å². The molecule has 4 aromatic rings. The minimum atomic E-state index is -0.354. The molecule has 35 heavy (non-hydrogen) atoms. The molecule has 0 aliphatic rings. The van der Waals surface area contributed by atoms with E-state index in [-0.39, 0.29) is 17.6 Å². The number of carbonyl (C=O) groups is 2. The molecule has 6 nitrogen and oxygen atoms in total. The van der Waals surface area contributed by atoms with Gasteiger partial charge in [0.05, 0.1) is 29.3 Å². The number of thioether (sulfide) groups is 1. The van der Waals surface area contributed by atoms with Gasteiger partial charge in [0.25, 0.3) is 0 Å². The smallest absolute Gasteiger partial charge is 0.338 e. The number of nitrogens with zero attached hydrogens (tertiary/aromatic N) is 1. The van der Waals surface area contributed by atoms with E-state index < -0.39 is 0 Å². The third-order valence-electron chi connectivity index (χ3n) is 5.27. The molecular weight excluding hydrogens is 458 g/mol. The minimum absolute atomic E-state index is 0.160. The van der Waals surface area contributed by atoms with Gasteiger partial charge in [0.15, 0.2) is 5.16 Å². The quantitative estimate of drug-likeness (QED) is 0.154. The Balaban J connectivity index is 1.39. The van der Waals surface area contributed by atoms with Crippen LogP contribution in [0.25, 0.3) is 22.5 Å². The lowest BCUT2D eigenvalue weighted by Gasteiger charge is -2.07. The summed E-state index contributed by atoms with van der Waals surface area (Å²) in [6, 6.07) is 26.7. The van der Waals surface area contributed by atoms with Gasteiger partial charge < -0.3 is 15.0 Å². The third-order valence-corrected chi connectivity index (χ3v) is 6.14. The molecule has 0 fully saturated rings. The second kappa shape index (κ2) is 12.0. The summed E-state index contributed by atoms with van der Waals surface area (Å²) in [6.07, 6.45) is 1.81. The number of rotatable bonds is 10. The van der Waals surface area contributed by atoms with Crippen LogP contribution in [-0.4, -0.2) is 34.2 Å². The van der Waals surface area contributed by atoms with Gasteiger partial charge in [-0.2, -0.15) is 0 Å². The molecule has 0 spiro atoms. The number of carbonyl (C=O) groups excluding carboxylic acids is 2. The zero-order valence-electron chi connectivity index (χ0n) is 19.5. The van der Waals surface area contributed by atoms with Gasteiger partial charge in [-0.1, -0.05) is 85.8 Å². The Kier molecular flexibility index (Phi) is 8.35. The maximum absolute atomic E-state index is 12.5. The molecule has 0 unspecified atom stereocenters. The molecule has 178 valence electrons. The molecular formula is C28H27N3O3S. The zero-order valence-corrected chi connectivity index (χ0v) is 20.3. The van der Waals surface area contributed by atoms with Crippen molar-refractivity contribution in [2.24, 2.45) is 0 Å². The SMILES string of the molecule is CCCCOC(=O)c1ccc(NC(=O)CSc2nc(-c3ccccc3)c(-c3ccccc3)[nH]2)cc1. The molecule has 0 saturated heterocycles. The standard InChI is InChI=1S/C28H27N3O3S/c1-2-3-18-34-27(33)22-14-16-23(17-15-22)29-24(32)19-35-28-30-25(20-10-6-4-7-11-20)26(31-28)21-12-8-5-9-13-21/h4-17H,2-3,18-19H2,1H3,(H,29,32)(H,30,31). The van der Waals surface area contributed by atoms with Crippen LogP contribution in [0.4, 0.5) is 5.69 Å². The molecule has 1 aromatic heterocycles. The summed E-state index contributed by atoms with van der Waals surface area (Å²) in [4.78, 5) is 32.7. The molecule has 0 aliphatic heterocycles. The van der Waals surface area contributed by atoms with Crippen LogP contribution in [0.1, 0.15) is 30.1 Å². The van der Waals surface area contributed by atoms with Crippen molar-refractivity contribution in [3.8, 4) is 22.5 Å². The highest BCUT2D eigenvalue weighted by atomic mass is 32.2. The van der Waals surface area contributed by atoms with Crippen molar-refractivity contribution in [2.75, 3.05) is 17.7 Å². The maximum Gasteiger partial charge on any atom is 0.338 e. The fraction of sp³-hybridized carbons (Fsp3) is 0.179. The van der Waals surface area contributed by atoms with E-state index >= 15 is 0 Å². The molecule has 3 aromatic carbocycles. The van der Waals surface area contributed by atoms with Crippen LogP contribution in [0.2, 0.25) is 0 Å². The number of aromatic amines is 1. The lowest BCUT2D eigenvalue weighted by Crippen LogP contribution is -2.14. The molecule has 0 bridgehead atoms. The highest BCUT2D eigenvalue weighted by Gasteiger charge is 2.15. The van der Waals surface area contributed by atoms with E-state index in [9.17, 15) is 9.59 Å². The zero-order chi connectivity index (χ0) is 24.5. The molecule has 1 amide bonds. The first-order valence-corrected chi connectivity index (χ1v) is 12.5. The summed E-state index contributed by atoms with van der Waals surface area (Å²) in [5.41, 5.74) is 4.89. The first-order chi connectivity index (χ1) is 17.1. The van der Waals surface area contributed by atoms with Crippen LogP contribution in [-0.2, 0) is 9.53 Å². The number of amides is 1. The van der Waals surface area contributed by atoms with E-state index in [2.05, 4.69) is 10.3 Å². The van der Waals surface area contributed by atoms with Crippen molar-refractivity contribution < 1.29 is 14.3 Å². The van der Waals surface area contributed by atoms with Gasteiger partial charge >= 0.3 is 5.97 Å². The Labute approximate surface area is 209 Å². The van der Waals surface area contributed by atoms with E-state index in [1.807, 2.05) is 67.6 Å². The fourth-order valence-corrected chi connectivity index (χ4v) is 4.12. The predicted molar refractivity (Wildman–Crippen MR) is 140 cm³/mol. The van der Waals surface area contributed by atoms with Gasteiger partial charge in [-0.05, 0) is 30.7 Å². The Hall–Kier alpha value is -3.84. The third kappa shape index (κ3) is 6.61. The highest BCUT2D eigenvalue weighted by molar-refractivity contribution is 7.99. The lowest BCUT2D eigenvalue weighted by atomic mass is 10.1. The second-order valence-electron chi connectivity index (χ2n) is 7.90. The van der Waals surface area contributed by atoms with Crippen molar-refractivity contribution in [1.82, 2.24) is 9.97 Å². The number of anilines is 1. The summed E-state index contributed by atoms with van der Waals surface area (Å²) in [5, 5.41) is 3.53. The average molecular weight is 486 g/mol. The van der Waals surface area contributed by atoms with Gasteiger partial charge in [-0.3, -0.25) is 4.79 Å². The van der Waals surface area contributed by atoms with Crippen LogP contribution in [0.15, 0.2) is 90.1 Å². The van der Waals surface area contributed by atoms with Crippen LogP contribution in [0, 0.1) is 0 Å². The minimum Gasteiger partial charge on any atom is -0.462 e. The van der Waals surface area contributed by atoms with Crippen molar-refractivity contribution in [3.63, 3.8) is 0 Å². The monoisotopic (exact) mass is 485 g/mol. The van der Waals surface area contributed by atoms with Gasteiger partial charge in [0.1, 0.15) is 0 Å². The Morgan fingerprint density at radius 3 is 2.23 bits per heavy atom. The number of ether oxygens (including phenoxy) is 1. The number of hydrogen-bond donors (Lipinski definition) is 2. The molecule has 4 rings (SSSR count). The van der Waals surface area contributed by atoms with Crippen LogP contribution in [0.3, 0.4) is 0 Å². The summed E-state index contributed by atoms with van der Waals surface area (Å²) >= 11 is 1.34. The Morgan fingerprint density at radius 2 is 1.57 bits per heavy atom. The number of esters is 1. The topological polar surface area (TPSA) is 84.1 Å². The first-order valence-electron chi connectivity index (χ1n) is 11.5. The molecule has 1 heterocycles. The molecule has 2 N–H and O–H groups in total. The molecule has 0 radical (unpaired) electrons. The number of imidazole rings is 1. The largest absolute Gasteiger partial charge is 0.462 e. The van der Waals surface area contributed by atoms with Crippen LogP contribution in [0.5, 0.6) is 0 Å². The Bertz CT molecular complexity index is 1200. The van der Waals surface area contributed by atoms with E-state index in [1.54, 1.807) is 24.3 Å². The van der Waals surface area contributed by atoms with Gasteiger partial charge in [0.2, 0.25) is 5.91 Å². The predicted octanol–water partition coefficient (Wildman–Crippen LogP) is 6.43. The van der Waals surface area contributed by atoms with Crippen LogP contribution >= 0.6 is 11.8 Å². The van der Waals surface area contributed by atoms with Crippen molar-refractivity contribution in [3.05, 3.63) is 90.5 Å². The number of aromatic nitrogens is 2. The number of unbranched alkanes of at least 4 members (excludes halogenated alkanes) is 1. The molecule has 7 heteroatoms. The number of nitrogens with one attached hydrogen (secondary N) is 2. The molecule has 0 aliphatic carbocycles. The van der Waals surface area contributed by atoms with E-state index in [4.69, 9.17) is 9.72 Å². The second-order valence-corrected chi connectivity index (χ2v) is 8.87. The first kappa shape index (κ1) is 24.3. The Morgan fingerprint density at radius 1 is 0.914 bits per heavy atom. The van der Waals surface area contributed by atoms with E-state index in [1.165, 1.54) is 11.8 Å². The summed E-state index contributed by atoms with van der Waals surface area (Å²) in [5.74, 6) is -0.322. The molecule has 0 atom stereocenters. The average Bonchev–Trinajstić information content (AvgIpc) is 3.33. The summed E-state index contributed by atoms with van der Waals surface area (Å²) < 4.78 is 5.21. The number of hydrogen-bond acceptors (Lipinski definition) is 5. The van der Waals surface area contributed by atoms with Crippen molar-refractivity contribution >= 4 is 29.3 Å². The van der Waals surface area contributed by atoms with Gasteiger partial charge in [-0.15, -0.1) is 0 Å². The number of benzene rings is 3. The van der Waals surface area contributed by atoms with Crippen molar-refractivity contribution in [1.29, 1.82) is 0 Å². The lowest BCUT2D eigenvalue weighted by molar-refractivity contribution is -0.113. The van der Waals surface area contributed by atoms with E-state index in [0.29, 0.717) is 23.0 Å². The fourth-order valence-electron chi connectivity index (χ4n) is 3.45. The maximum atomic E-state index is 12.5.